The molecule has 1 rings (SSSR count). The predicted molar refractivity (Wildman–Crippen MR) is 72.7 cm³/mol. The molecule has 0 aromatic heterocycles. The van der Waals surface area contributed by atoms with Gasteiger partial charge in [0, 0.05) is 13.5 Å². The lowest BCUT2D eigenvalue weighted by Crippen LogP contribution is -2.27. The van der Waals surface area contributed by atoms with E-state index in [1.54, 1.807) is 14.2 Å². The van der Waals surface area contributed by atoms with E-state index in [-0.39, 0.29) is 18.7 Å². The number of aliphatic carboxylic acids is 1. The molecule has 0 atom stereocenters. The van der Waals surface area contributed by atoms with E-state index < -0.39 is 5.97 Å². The van der Waals surface area contributed by atoms with Crippen molar-refractivity contribution < 1.29 is 19.4 Å². The fourth-order valence-electron chi connectivity index (χ4n) is 1.73. The number of hydrogen-bond acceptors (Lipinski definition) is 3. The molecule has 0 aliphatic heterocycles. The van der Waals surface area contributed by atoms with Crippen molar-refractivity contribution in [1.29, 1.82) is 0 Å². The van der Waals surface area contributed by atoms with E-state index in [0.717, 1.165) is 12.0 Å². The molecule has 0 saturated carbocycles. The minimum absolute atomic E-state index is 0.0225. The van der Waals surface area contributed by atoms with Crippen molar-refractivity contribution >= 4 is 17.6 Å². The number of nitrogens with zero attached hydrogens (tertiary/aromatic N) is 1. The van der Waals surface area contributed by atoms with Crippen LogP contribution in [0, 0.1) is 0 Å². The van der Waals surface area contributed by atoms with Crippen molar-refractivity contribution in [2.75, 3.05) is 19.1 Å². The van der Waals surface area contributed by atoms with Crippen molar-refractivity contribution in [3.8, 4) is 5.75 Å². The molecule has 5 heteroatoms. The first-order valence-corrected chi connectivity index (χ1v) is 6.14. The van der Waals surface area contributed by atoms with Gasteiger partial charge in [0.15, 0.2) is 0 Å². The van der Waals surface area contributed by atoms with Crippen LogP contribution in [0.1, 0.15) is 25.3 Å². The summed E-state index contributed by atoms with van der Waals surface area (Å²) < 4.78 is 5.23. The third-order valence-electron chi connectivity index (χ3n) is 2.94. The van der Waals surface area contributed by atoms with Gasteiger partial charge in [0.05, 0.1) is 19.2 Å². The summed E-state index contributed by atoms with van der Waals surface area (Å²) >= 11 is 0. The molecule has 1 aromatic carbocycles. The average Bonchev–Trinajstić information content (AvgIpc) is 2.42. The molecular formula is C14H19NO4. The lowest BCUT2D eigenvalue weighted by Gasteiger charge is -2.20. The molecule has 5 nitrogen and oxygen atoms in total. The second kappa shape index (κ2) is 6.78. The van der Waals surface area contributed by atoms with E-state index in [4.69, 9.17) is 9.84 Å². The summed E-state index contributed by atoms with van der Waals surface area (Å²) in [6, 6.07) is 5.64. The van der Waals surface area contributed by atoms with E-state index in [1.807, 2.05) is 25.1 Å². The number of carbonyl (C=O) groups is 2. The van der Waals surface area contributed by atoms with Crippen LogP contribution >= 0.6 is 0 Å². The Morgan fingerprint density at radius 3 is 2.53 bits per heavy atom. The van der Waals surface area contributed by atoms with Crippen LogP contribution in [0.25, 0.3) is 0 Å². The summed E-state index contributed by atoms with van der Waals surface area (Å²) in [5.41, 5.74) is 1.76. The van der Waals surface area contributed by atoms with Crippen molar-refractivity contribution in [3.05, 3.63) is 23.8 Å². The maximum atomic E-state index is 11.9. The minimum atomic E-state index is -0.976. The van der Waals surface area contributed by atoms with Crippen LogP contribution in [-0.4, -0.2) is 31.1 Å². The van der Waals surface area contributed by atoms with Crippen LogP contribution in [0.15, 0.2) is 18.2 Å². The van der Waals surface area contributed by atoms with Gasteiger partial charge in [-0.15, -0.1) is 0 Å². The van der Waals surface area contributed by atoms with E-state index >= 15 is 0 Å². The van der Waals surface area contributed by atoms with Gasteiger partial charge in [-0.2, -0.15) is 0 Å². The zero-order chi connectivity index (χ0) is 14.4. The van der Waals surface area contributed by atoms with Gasteiger partial charge in [0.2, 0.25) is 5.91 Å². The van der Waals surface area contributed by atoms with E-state index in [2.05, 4.69) is 0 Å². The highest BCUT2D eigenvalue weighted by Crippen LogP contribution is 2.29. The average molecular weight is 265 g/mol. The number of aryl methyl sites for hydroxylation is 1. The zero-order valence-electron chi connectivity index (χ0n) is 11.5. The number of carbonyl (C=O) groups excluding carboxylic acids is 1. The lowest BCUT2D eigenvalue weighted by atomic mass is 10.1. The highest BCUT2D eigenvalue weighted by atomic mass is 16.5. The zero-order valence-corrected chi connectivity index (χ0v) is 11.5. The summed E-state index contributed by atoms with van der Waals surface area (Å²) in [6.45, 7) is 2.03. The second-order valence-corrected chi connectivity index (χ2v) is 4.21. The number of methoxy groups -OCH3 is 1. The molecule has 0 saturated heterocycles. The molecule has 0 bridgehead atoms. The number of carboxylic acids is 1. The first-order valence-electron chi connectivity index (χ1n) is 6.14. The number of anilines is 1. The van der Waals surface area contributed by atoms with Gasteiger partial charge in [-0.05, 0) is 24.1 Å². The van der Waals surface area contributed by atoms with Gasteiger partial charge in [0.25, 0.3) is 0 Å². The Labute approximate surface area is 112 Å². The first-order chi connectivity index (χ1) is 8.99. The lowest BCUT2D eigenvalue weighted by molar-refractivity contribution is -0.138. The van der Waals surface area contributed by atoms with Crippen molar-refractivity contribution in [3.63, 3.8) is 0 Å². The number of hydrogen-bond donors (Lipinski definition) is 1. The van der Waals surface area contributed by atoms with Crippen LogP contribution in [0.5, 0.6) is 5.75 Å². The summed E-state index contributed by atoms with van der Waals surface area (Å²) in [6.07, 6.45) is 0.665. The molecule has 0 aliphatic carbocycles. The molecule has 1 amide bonds. The minimum Gasteiger partial charge on any atom is -0.495 e. The molecular weight excluding hydrogens is 246 g/mol. The Bertz CT molecular complexity index is 471. The molecule has 104 valence electrons. The Balaban J connectivity index is 2.93. The van der Waals surface area contributed by atoms with E-state index in [9.17, 15) is 9.59 Å². The normalized spacial score (nSPS) is 10.1. The number of carboxylic acid groups (broad SMARTS) is 1. The highest BCUT2D eigenvalue weighted by Gasteiger charge is 2.16. The molecule has 0 fully saturated rings. The van der Waals surface area contributed by atoms with Crippen molar-refractivity contribution in [2.45, 2.75) is 26.2 Å². The molecule has 0 aliphatic rings. The van der Waals surface area contributed by atoms with Crippen molar-refractivity contribution in [1.82, 2.24) is 0 Å². The van der Waals surface area contributed by atoms with Crippen molar-refractivity contribution in [2.24, 2.45) is 0 Å². The topological polar surface area (TPSA) is 66.8 Å². The van der Waals surface area contributed by atoms with Gasteiger partial charge in [-0.1, -0.05) is 13.0 Å². The monoisotopic (exact) mass is 265 g/mol. The van der Waals surface area contributed by atoms with Gasteiger partial charge < -0.3 is 14.7 Å². The molecule has 0 radical (unpaired) electrons. The molecule has 0 spiro atoms. The quantitative estimate of drug-likeness (QED) is 0.855. The van der Waals surface area contributed by atoms with Gasteiger partial charge in [0.1, 0.15) is 5.75 Å². The summed E-state index contributed by atoms with van der Waals surface area (Å²) in [5.74, 6) is -0.617. The highest BCUT2D eigenvalue weighted by molar-refractivity contribution is 5.95. The number of amides is 1. The first kappa shape index (κ1) is 15.0. The number of ether oxygens (including phenoxy) is 1. The summed E-state index contributed by atoms with van der Waals surface area (Å²) in [7, 11) is 3.17. The Morgan fingerprint density at radius 1 is 1.32 bits per heavy atom. The smallest absolute Gasteiger partial charge is 0.303 e. The molecule has 0 unspecified atom stereocenters. The van der Waals surface area contributed by atoms with Gasteiger partial charge in [-0.25, -0.2) is 0 Å². The van der Waals surface area contributed by atoms with Crippen LogP contribution in [-0.2, 0) is 16.0 Å². The van der Waals surface area contributed by atoms with E-state index in [0.29, 0.717) is 11.4 Å². The van der Waals surface area contributed by atoms with Crippen LogP contribution in [0.4, 0.5) is 5.69 Å². The van der Waals surface area contributed by atoms with Crippen LogP contribution < -0.4 is 9.64 Å². The summed E-state index contributed by atoms with van der Waals surface area (Å²) in [5, 5.41) is 8.60. The molecule has 1 N–H and O–H groups in total. The fraction of sp³-hybridized carbons (Fsp3) is 0.429. The molecule has 1 aromatic rings. The molecule has 0 heterocycles. The summed E-state index contributed by atoms with van der Waals surface area (Å²) in [4.78, 5) is 23.9. The standard InChI is InChI=1S/C14H19NO4/c1-4-10-5-6-12(19-3)11(9-10)15(2)13(16)7-8-14(17)18/h5-6,9H,4,7-8H2,1-3H3,(H,17,18). The maximum absolute atomic E-state index is 11.9. The van der Waals surface area contributed by atoms with Gasteiger partial charge >= 0.3 is 5.97 Å². The Kier molecular flexibility index (Phi) is 5.36. The van der Waals surface area contributed by atoms with Crippen LogP contribution in [0.3, 0.4) is 0 Å². The SMILES string of the molecule is CCc1ccc(OC)c(N(C)C(=O)CCC(=O)O)c1. The number of rotatable bonds is 6. The predicted octanol–water partition coefficient (Wildman–Crippen LogP) is 2.09. The Morgan fingerprint density at radius 2 is 2.00 bits per heavy atom. The Hall–Kier alpha value is -2.04. The largest absolute Gasteiger partial charge is 0.495 e. The maximum Gasteiger partial charge on any atom is 0.303 e. The number of benzene rings is 1. The van der Waals surface area contributed by atoms with Crippen LogP contribution in [0.2, 0.25) is 0 Å². The molecule has 19 heavy (non-hydrogen) atoms. The van der Waals surface area contributed by atoms with E-state index in [1.165, 1.54) is 4.90 Å². The third-order valence-corrected chi connectivity index (χ3v) is 2.94. The fourth-order valence-corrected chi connectivity index (χ4v) is 1.73. The van der Waals surface area contributed by atoms with Gasteiger partial charge in [-0.3, -0.25) is 9.59 Å². The second-order valence-electron chi connectivity index (χ2n) is 4.21. The third kappa shape index (κ3) is 3.98.